The number of carbonyl (C=O) groups excluding carboxylic acids is 4. The first-order valence-corrected chi connectivity index (χ1v) is 10.2. The maximum atomic E-state index is 13.0. The quantitative estimate of drug-likeness (QED) is 0.309. The van der Waals surface area contributed by atoms with Crippen LogP contribution in [0.4, 0.5) is 0 Å². The highest BCUT2D eigenvalue weighted by Gasteiger charge is 2.61. The number of rotatable bonds is 6. The molecule has 5 atom stereocenters. The van der Waals surface area contributed by atoms with Crippen LogP contribution in [-0.2, 0) is 19.1 Å². The van der Waals surface area contributed by atoms with Gasteiger partial charge in [-0.2, -0.15) is 0 Å². The Morgan fingerprint density at radius 1 is 1.07 bits per heavy atom. The van der Waals surface area contributed by atoms with Gasteiger partial charge in [0.1, 0.15) is 6.04 Å². The fraction of sp³-hybridized carbons (Fsp3) is 0.455. The van der Waals surface area contributed by atoms with E-state index >= 15 is 0 Å². The van der Waals surface area contributed by atoms with Crippen molar-refractivity contribution >= 4 is 35.2 Å². The number of likely N-dealkylation sites (tertiary alicyclic amines) is 1. The zero-order valence-corrected chi connectivity index (χ0v) is 17.0. The summed E-state index contributed by atoms with van der Waals surface area (Å²) in [6, 6.07) is 5.23. The Morgan fingerprint density at radius 2 is 1.62 bits per heavy atom. The van der Waals surface area contributed by atoms with E-state index in [4.69, 9.17) is 16.3 Å². The predicted octanol–water partition coefficient (Wildman–Crippen LogP) is 2.90. The maximum Gasteiger partial charge on any atom is 0.330 e. The Bertz CT molecular complexity index is 876. The van der Waals surface area contributed by atoms with Crippen LogP contribution in [-0.4, -0.2) is 41.1 Å². The summed E-state index contributed by atoms with van der Waals surface area (Å²) in [4.78, 5) is 52.2. The van der Waals surface area contributed by atoms with Crippen molar-refractivity contribution < 1.29 is 23.9 Å². The molecular weight excluding hydrogens is 394 g/mol. The number of fused-ring (bicyclic) bond motifs is 5. The molecule has 2 aliphatic carbocycles. The molecule has 0 unspecified atom stereocenters. The van der Waals surface area contributed by atoms with Gasteiger partial charge in [-0.25, -0.2) is 4.79 Å². The molecule has 1 aliphatic heterocycles. The lowest BCUT2D eigenvalue weighted by atomic mass is 9.85. The summed E-state index contributed by atoms with van der Waals surface area (Å²) in [5, 5.41) is 0.499. The maximum absolute atomic E-state index is 13.0. The van der Waals surface area contributed by atoms with E-state index in [1.54, 1.807) is 38.1 Å². The number of ketones is 1. The second-order valence-electron chi connectivity index (χ2n) is 8.27. The van der Waals surface area contributed by atoms with E-state index in [9.17, 15) is 19.2 Å². The molecule has 4 rings (SSSR count). The molecule has 0 spiro atoms. The van der Waals surface area contributed by atoms with Gasteiger partial charge in [0.2, 0.25) is 11.8 Å². The van der Waals surface area contributed by atoms with Gasteiger partial charge in [0.25, 0.3) is 0 Å². The van der Waals surface area contributed by atoms with Crippen LogP contribution < -0.4 is 0 Å². The van der Waals surface area contributed by atoms with E-state index in [-0.39, 0.29) is 47.2 Å². The van der Waals surface area contributed by atoms with Gasteiger partial charge in [-0.1, -0.05) is 37.6 Å². The molecule has 0 aromatic heterocycles. The molecule has 3 aliphatic rings. The lowest BCUT2D eigenvalue weighted by Crippen LogP contribution is -2.50. The number of benzene rings is 1. The Labute approximate surface area is 173 Å². The topological polar surface area (TPSA) is 80.8 Å². The third-order valence-corrected chi connectivity index (χ3v) is 6.42. The number of Topliss-reactive ketones (excluding diaryl/α,β-unsaturated/α-hetero) is 1. The van der Waals surface area contributed by atoms with Crippen LogP contribution >= 0.6 is 11.6 Å². The molecular formula is C22H22ClNO5. The summed E-state index contributed by atoms with van der Waals surface area (Å²) in [5.74, 6) is -2.63. The summed E-state index contributed by atoms with van der Waals surface area (Å²) in [6.45, 7) is 3.06. The number of nitrogens with zero attached hydrogens (tertiary/aromatic N) is 1. The average Bonchev–Trinajstić information content (AvgIpc) is 3.36. The van der Waals surface area contributed by atoms with Gasteiger partial charge in [-0.15, -0.1) is 0 Å². The van der Waals surface area contributed by atoms with Crippen LogP contribution in [0.15, 0.2) is 36.4 Å². The summed E-state index contributed by atoms with van der Waals surface area (Å²) < 4.78 is 5.23. The summed E-state index contributed by atoms with van der Waals surface area (Å²) in [6.07, 6.45) is 4.84. The number of esters is 1. The third kappa shape index (κ3) is 3.29. The van der Waals surface area contributed by atoms with Crippen LogP contribution in [0, 0.1) is 29.6 Å². The minimum atomic E-state index is -1.03. The number of amides is 2. The van der Waals surface area contributed by atoms with Crippen LogP contribution in [0.25, 0.3) is 0 Å². The summed E-state index contributed by atoms with van der Waals surface area (Å²) >= 11 is 5.81. The van der Waals surface area contributed by atoms with E-state index in [1.807, 2.05) is 12.2 Å². The van der Waals surface area contributed by atoms with Crippen molar-refractivity contribution in [1.29, 1.82) is 0 Å². The lowest BCUT2D eigenvalue weighted by Gasteiger charge is -2.28. The molecule has 1 saturated heterocycles. The summed E-state index contributed by atoms with van der Waals surface area (Å²) in [7, 11) is 0. The SMILES string of the molecule is CC(C)[C@H](C(=O)OCC(=O)c1ccc(Cl)cc1)N1C(=O)[C@@H]2[C@H](C1=O)[C@H]1C=C[C@H]2C1. The van der Waals surface area contributed by atoms with Gasteiger partial charge < -0.3 is 4.74 Å². The average molecular weight is 416 g/mol. The molecule has 2 bridgehead atoms. The number of ether oxygens (including phenoxy) is 1. The Hall–Kier alpha value is -2.47. The van der Waals surface area contributed by atoms with Crippen LogP contribution in [0.2, 0.25) is 5.02 Å². The van der Waals surface area contributed by atoms with Gasteiger partial charge in [0, 0.05) is 10.6 Å². The standard InChI is InChI=1S/C22H22ClNO5/c1-11(2)19(22(28)29-10-16(25)12-5-7-15(23)8-6-12)24-20(26)17-13-3-4-14(9-13)18(17)21(24)27/h3-8,11,13-14,17-19H,9-10H2,1-2H3/t13-,14-,17-,18+,19+/m0/s1. The largest absolute Gasteiger partial charge is 0.456 e. The monoisotopic (exact) mass is 415 g/mol. The van der Waals surface area contributed by atoms with Crippen molar-refractivity contribution in [2.45, 2.75) is 26.3 Å². The van der Waals surface area contributed by atoms with Gasteiger partial charge in [0.15, 0.2) is 12.4 Å². The Morgan fingerprint density at radius 3 is 2.14 bits per heavy atom. The van der Waals surface area contributed by atoms with Crippen molar-refractivity contribution in [3.63, 3.8) is 0 Å². The second kappa shape index (κ2) is 7.41. The molecule has 1 saturated carbocycles. The van der Waals surface area contributed by atoms with Crippen molar-refractivity contribution in [2.75, 3.05) is 6.61 Å². The zero-order valence-electron chi connectivity index (χ0n) is 16.2. The molecule has 29 heavy (non-hydrogen) atoms. The van der Waals surface area contributed by atoms with E-state index in [1.165, 1.54) is 0 Å². The molecule has 1 aromatic rings. The van der Waals surface area contributed by atoms with Crippen LogP contribution in [0.3, 0.4) is 0 Å². The smallest absolute Gasteiger partial charge is 0.330 e. The first-order chi connectivity index (χ1) is 13.8. The van der Waals surface area contributed by atoms with Gasteiger partial charge in [-0.3, -0.25) is 19.3 Å². The van der Waals surface area contributed by atoms with Crippen molar-refractivity contribution in [1.82, 2.24) is 4.90 Å². The van der Waals surface area contributed by atoms with Gasteiger partial charge >= 0.3 is 5.97 Å². The number of halogens is 1. The van der Waals surface area contributed by atoms with Crippen molar-refractivity contribution in [3.05, 3.63) is 47.0 Å². The van der Waals surface area contributed by atoms with E-state index < -0.39 is 18.6 Å². The number of hydrogen-bond acceptors (Lipinski definition) is 5. The van der Waals surface area contributed by atoms with Crippen LogP contribution in [0.5, 0.6) is 0 Å². The second-order valence-corrected chi connectivity index (χ2v) is 8.71. The predicted molar refractivity (Wildman–Crippen MR) is 105 cm³/mol. The van der Waals surface area contributed by atoms with Crippen molar-refractivity contribution in [2.24, 2.45) is 29.6 Å². The van der Waals surface area contributed by atoms with Gasteiger partial charge in [0.05, 0.1) is 11.8 Å². The molecule has 2 fully saturated rings. The summed E-state index contributed by atoms with van der Waals surface area (Å²) in [5.41, 5.74) is 0.369. The van der Waals surface area contributed by atoms with Crippen LogP contribution in [0.1, 0.15) is 30.6 Å². The molecule has 1 aromatic carbocycles. The fourth-order valence-electron chi connectivity index (χ4n) is 4.82. The normalized spacial score (nSPS) is 28.2. The third-order valence-electron chi connectivity index (χ3n) is 6.17. The zero-order chi connectivity index (χ0) is 20.9. The fourth-order valence-corrected chi connectivity index (χ4v) is 4.94. The van der Waals surface area contributed by atoms with Crippen molar-refractivity contribution in [3.8, 4) is 0 Å². The molecule has 7 heteroatoms. The number of carbonyl (C=O) groups is 4. The lowest BCUT2D eigenvalue weighted by molar-refractivity contribution is -0.160. The van der Waals surface area contributed by atoms with E-state index in [2.05, 4.69) is 0 Å². The Balaban J connectivity index is 1.47. The first-order valence-electron chi connectivity index (χ1n) is 9.80. The molecule has 152 valence electrons. The highest BCUT2D eigenvalue weighted by atomic mass is 35.5. The van der Waals surface area contributed by atoms with Gasteiger partial charge in [-0.05, 0) is 48.4 Å². The van der Waals surface area contributed by atoms with E-state index in [0.717, 1.165) is 11.3 Å². The highest BCUT2D eigenvalue weighted by molar-refractivity contribution is 6.30. The molecule has 2 amide bonds. The number of allylic oxidation sites excluding steroid dienone is 2. The first kappa shape index (κ1) is 19.8. The minimum Gasteiger partial charge on any atom is -0.456 e. The highest BCUT2D eigenvalue weighted by Crippen LogP contribution is 2.53. The Kier molecular flexibility index (Phi) is 5.07. The number of hydrogen-bond donors (Lipinski definition) is 0. The molecule has 0 N–H and O–H groups in total. The van der Waals surface area contributed by atoms with E-state index in [0.29, 0.717) is 10.6 Å². The number of imide groups is 1. The molecule has 0 radical (unpaired) electrons. The molecule has 6 nitrogen and oxygen atoms in total. The minimum absolute atomic E-state index is 0.0711. The molecule has 1 heterocycles.